The summed E-state index contributed by atoms with van der Waals surface area (Å²) in [5, 5.41) is 1.26. The van der Waals surface area contributed by atoms with Gasteiger partial charge in [0.2, 0.25) is 11.8 Å². The van der Waals surface area contributed by atoms with Crippen molar-refractivity contribution in [2.75, 3.05) is 64.6 Å². The Morgan fingerprint density at radius 1 is 1.00 bits per heavy atom. The largest absolute Gasteiger partial charge is 0.397 e. The predicted molar refractivity (Wildman–Crippen MR) is 199 cm³/mol. The maximum Gasteiger partial charge on any atom is 0.326 e. The third-order valence-corrected chi connectivity index (χ3v) is 12.3. The van der Waals surface area contributed by atoms with Gasteiger partial charge in [0.15, 0.2) is 0 Å². The number of likely N-dealkylation sites (tertiary alicyclic amines) is 1. The summed E-state index contributed by atoms with van der Waals surface area (Å²) in [6.45, 7) is 7.55. The highest BCUT2D eigenvalue weighted by Crippen LogP contribution is 2.33. The van der Waals surface area contributed by atoms with Crippen LogP contribution in [0.1, 0.15) is 49.3 Å². The van der Waals surface area contributed by atoms with Crippen LogP contribution in [0.2, 0.25) is 5.02 Å². The molecule has 7 heterocycles. The number of nitrogens with one attached hydrogen (secondary N) is 1. The molecule has 5 fully saturated rings. The molecule has 2 amide bonds. The summed E-state index contributed by atoms with van der Waals surface area (Å²) < 4.78 is 1.80. The van der Waals surface area contributed by atoms with Gasteiger partial charge in [-0.15, -0.1) is 6.42 Å². The van der Waals surface area contributed by atoms with E-state index >= 15 is 0 Å². The number of H-pyrrole nitrogens is 1. The zero-order valence-corrected chi connectivity index (χ0v) is 29.7. The first-order valence-electron chi connectivity index (χ1n) is 18.3. The van der Waals surface area contributed by atoms with Crippen molar-refractivity contribution in [3.05, 3.63) is 69.2 Å². The summed E-state index contributed by atoms with van der Waals surface area (Å²) in [6, 6.07) is 11.8. The number of nitrogen functional groups attached to an aromatic ring is 1. The predicted octanol–water partition coefficient (Wildman–Crippen LogP) is 3.75. The summed E-state index contributed by atoms with van der Waals surface area (Å²) in [4.78, 5) is 58.0. The van der Waals surface area contributed by atoms with Crippen LogP contribution in [-0.2, 0) is 16.0 Å². The van der Waals surface area contributed by atoms with Gasteiger partial charge in [-0.2, -0.15) is 0 Å². The fraction of sp³-hybridized carbons (Fsp3) is 0.487. The van der Waals surface area contributed by atoms with E-state index in [9.17, 15) is 14.4 Å². The molecule has 2 aromatic carbocycles. The van der Waals surface area contributed by atoms with Crippen LogP contribution in [0.25, 0.3) is 21.9 Å². The number of amides is 2. The second-order valence-electron chi connectivity index (χ2n) is 14.8. The van der Waals surface area contributed by atoms with Gasteiger partial charge in [0, 0.05) is 75.3 Å². The number of aromatic nitrogens is 3. The molecule has 2 atom stereocenters. The third-order valence-electron chi connectivity index (χ3n) is 12.0. The highest BCUT2D eigenvalue weighted by atomic mass is 35.5. The highest BCUT2D eigenvalue weighted by molar-refractivity contribution is 6.33. The van der Waals surface area contributed by atoms with Gasteiger partial charge in [-0.25, -0.2) is 4.79 Å². The van der Waals surface area contributed by atoms with Crippen LogP contribution in [-0.4, -0.2) is 111 Å². The zero-order chi connectivity index (χ0) is 35.2. The van der Waals surface area contributed by atoms with Crippen LogP contribution in [0.4, 0.5) is 5.69 Å². The number of aromatic amines is 1. The summed E-state index contributed by atoms with van der Waals surface area (Å²) >= 11 is 6.46. The van der Waals surface area contributed by atoms with Crippen LogP contribution in [0.15, 0.2) is 47.4 Å². The maximum absolute atomic E-state index is 14.3. The van der Waals surface area contributed by atoms with E-state index in [-0.39, 0.29) is 30.0 Å². The number of hydrogen-bond acceptors (Lipinski definition) is 7. The van der Waals surface area contributed by atoms with Crippen molar-refractivity contribution >= 4 is 51.0 Å². The number of hydrogen-bond donors (Lipinski definition) is 2. The first kappa shape index (κ1) is 33.8. The molecule has 5 aliphatic rings. The number of piperazine rings is 1. The van der Waals surface area contributed by atoms with Crippen molar-refractivity contribution in [2.24, 2.45) is 11.8 Å². The first-order chi connectivity index (χ1) is 24.8. The molecule has 51 heavy (non-hydrogen) atoms. The number of nitrogens with two attached hydrogens (primary N) is 1. The molecule has 1 unspecified atom stereocenters. The number of pyridine rings is 1. The Kier molecular flexibility index (Phi) is 9.25. The lowest BCUT2D eigenvalue weighted by molar-refractivity contribution is -0.143. The van der Waals surface area contributed by atoms with E-state index in [1.165, 1.54) is 25.9 Å². The highest BCUT2D eigenvalue weighted by Gasteiger charge is 2.40. The van der Waals surface area contributed by atoms with E-state index in [0.29, 0.717) is 67.8 Å². The Morgan fingerprint density at radius 2 is 1.75 bits per heavy atom. The van der Waals surface area contributed by atoms with Gasteiger partial charge in [-0.1, -0.05) is 35.7 Å². The van der Waals surface area contributed by atoms with Crippen molar-refractivity contribution in [2.45, 2.75) is 50.6 Å². The summed E-state index contributed by atoms with van der Waals surface area (Å²) in [5.41, 5.74) is 9.95. The molecule has 11 nitrogen and oxygen atoms in total. The van der Waals surface area contributed by atoms with Crippen LogP contribution in [0.3, 0.4) is 0 Å². The van der Waals surface area contributed by atoms with Crippen molar-refractivity contribution in [1.82, 2.24) is 34.1 Å². The normalized spacial score (nSPS) is 23.5. The monoisotopic (exact) mass is 708 g/mol. The SMILES string of the molecule is C#Cc1cc(C[C@@H](CC(=O)N2CCC(n3c(=O)[nH]c4c5ccccc5ncc43)CC2)C(=O)N2CCN(C3CN4CCC3CC4)CC2)cc(Cl)c1N. The average molecular weight is 709 g/mol. The van der Waals surface area contributed by atoms with Crippen LogP contribution < -0.4 is 11.4 Å². The van der Waals surface area contributed by atoms with Gasteiger partial charge in [0.05, 0.1) is 39.4 Å². The van der Waals surface area contributed by atoms with Crippen LogP contribution in [0, 0.1) is 24.2 Å². The Labute approximate surface area is 302 Å². The Balaban J connectivity index is 0.961. The van der Waals surface area contributed by atoms with Gasteiger partial charge < -0.3 is 25.4 Å². The standard InChI is InChI=1S/C39H45ClN8O3/c1-2-26-19-25(21-31(40)36(26)41)20-28(38(50)47-17-15-45(16-18-47)34-24-44-11-7-27(34)8-12-44)22-35(49)46-13-9-29(10-14-46)48-33-23-42-32-6-4-3-5-30(32)37(33)43-39(48)51/h1,3-6,19,21,23,27-29,34H,7-18,20,22,24,41H2,(H,43,51)/t28-,34?/m0/s1. The Hall–Kier alpha value is -4.37. The number of anilines is 1. The molecular formula is C39H45ClN8O3. The molecule has 9 rings (SSSR count). The van der Waals surface area contributed by atoms with Crippen molar-refractivity contribution in [3.8, 4) is 12.3 Å². The molecule has 0 saturated carbocycles. The fourth-order valence-electron chi connectivity index (χ4n) is 9.12. The lowest BCUT2D eigenvalue weighted by Crippen LogP contribution is -2.61. The zero-order valence-electron chi connectivity index (χ0n) is 28.9. The number of halogens is 1. The maximum atomic E-state index is 14.3. The smallest absolute Gasteiger partial charge is 0.326 e. The van der Waals surface area contributed by atoms with Gasteiger partial charge in [0.1, 0.15) is 0 Å². The molecule has 3 N–H and O–H groups in total. The summed E-state index contributed by atoms with van der Waals surface area (Å²) in [7, 11) is 0. The number of carbonyl (C=O) groups excluding carboxylic acids is 2. The fourth-order valence-corrected chi connectivity index (χ4v) is 9.36. The van der Waals surface area contributed by atoms with Crippen molar-refractivity contribution in [3.63, 3.8) is 0 Å². The van der Waals surface area contributed by atoms with E-state index < -0.39 is 5.92 Å². The molecule has 2 aromatic heterocycles. The van der Waals surface area contributed by atoms with E-state index in [0.717, 1.165) is 53.1 Å². The average Bonchev–Trinajstić information content (AvgIpc) is 3.52. The van der Waals surface area contributed by atoms with Crippen molar-refractivity contribution < 1.29 is 9.59 Å². The molecule has 4 aromatic rings. The summed E-state index contributed by atoms with van der Waals surface area (Å²) in [5.74, 6) is 2.71. The molecule has 0 aliphatic carbocycles. The molecule has 0 radical (unpaired) electrons. The second kappa shape index (κ2) is 14.0. The Bertz CT molecular complexity index is 2060. The quantitative estimate of drug-likeness (QED) is 0.222. The van der Waals surface area contributed by atoms with Crippen LogP contribution in [0.5, 0.6) is 0 Å². The Morgan fingerprint density at radius 3 is 2.45 bits per heavy atom. The van der Waals surface area contributed by atoms with Gasteiger partial charge in [-0.3, -0.25) is 24.0 Å². The number of imidazole rings is 1. The minimum atomic E-state index is -0.570. The van der Waals surface area contributed by atoms with E-state index in [1.807, 2.05) is 34.1 Å². The number of piperidine rings is 4. The number of fused-ring (bicyclic) bond motifs is 6. The van der Waals surface area contributed by atoms with Gasteiger partial charge >= 0.3 is 5.69 Å². The molecule has 5 aliphatic heterocycles. The van der Waals surface area contributed by atoms with Crippen molar-refractivity contribution in [1.29, 1.82) is 0 Å². The van der Waals surface area contributed by atoms with Gasteiger partial charge in [0.25, 0.3) is 0 Å². The number of nitrogens with zero attached hydrogens (tertiary/aromatic N) is 6. The second-order valence-corrected chi connectivity index (χ2v) is 15.2. The lowest BCUT2D eigenvalue weighted by Gasteiger charge is -2.51. The topological polar surface area (TPSA) is 124 Å². The number of carbonyl (C=O) groups is 2. The third kappa shape index (κ3) is 6.50. The molecule has 12 heteroatoms. The minimum absolute atomic E-state index is 0.00734. The number of para-hydroxylation sites is 1. The lowest BCUT2D eigenvalue weighted by atomic mass is 9.83. The van der Waals surface area contributed by atoms with E-state index in [4.69, 9.17) is 23.8 Å². The van der Waals surface area contributed by atoms with E-state index in [2.05, 4.69) is 25.7 Å². The number of terminal acetylenes is 1. The number of benzene rings is 2. The van der Waals surface area contributed by atoms with Gasteiger partial charge in [-0.05, 0) is 74.9 Å². The molecule has 5 saturated heterocycles. The molecule has 2 bridgehead atoms. The minimum Gasteiger partial charge on any atom is -0.397 e. The first-order valence-corrected chi connectivity index (χ1v) is 18.7. The molecule has 266 valence electrons. The van der Waals surface area contributed by atoms with E-state index in [1.54, 1.807) is 22.9 Å². The summed E-state index contributed by atoms with van der Waals surface area (Å²) in [6.07, 6.45) is 11.7. The molecule has 0 spiro atoms. The molecular weight excluding hydrogens is 664 g/mol. The van der Waals surface area contributed by atoms with Crippen LogP contribution >= 0.6 is 11.6 Å². The number of rotatable bonds is 7.